The third kappa shape index (κ3) is 3.04. The second-order valence-electron chi connectivity index (χ2n) is 5.08. The molecule has 3 rings (SSSR count). The maximum atomic E-state index is 13.6. The molecule has 0 unspecified atom stereocenters. The molecule has 2 aromatic carbocycles. The fourth-order valence-electron chi connectivity index (χ4n) is 2.36. The highest BCUT2D eigenvalue weighted by Crippen LogP contribution is 2.30. The highest BCUT2D eigenvalue weighted by Gasteiger charge is 2.26. The first kappa shape index (κ1) is 14.8. The van der Waals surface area contributed by atoms with Crippen molar-refractivity contribution in [3.8, 4) is 5.75 Å². The summed E-state index contributed by atoms with van der Waals surface area (Å²) in [5.74, 6) is -1.65. The molecule has 0 bridgehead atoms. The van der Waals surface area contributed by atoms with E-state index in [1.54, 1.807) is 18.2 Å². The molecule has 3 nitrogen and oxygen atoms in total. The zero-order chi connectivity index (χ0) is 15.7. The highest BCUT2D eigenvalue weighted by atomic mass is 35.5. The van der Waals surface area contributed by atoms with Gasteiger partial charge in [-0.05, 0) is 42.3 Å². The number of carbonyl (C=O) groups excluding carboxylic acids is 1. The third-order valence-corrected chi connectivity index (χ3v) is 3.72. The van der Waals surface area contributed by atoms with Crippen LogP contribution in [0.4, 0.5) is 14.5 Å². The molecule has 2 aromatic rings. The van der Waals surface area contributed by atoms with E-state index < -0.39 is 17.6 Å². The number of carbonyl (C=O) groups is 1. The topological polar surface area (TPSA) is 38.3 Å². The van der Waals surface area contributed by atoms with Gasteiger partial charge in [-0.1, -0.05) is 11.6 Å². The van der Waals surface area contributed by atoms with Crippen molar-refractivity contribution in [3.05, 3.63) is 58.6 Å². The van der Waals surface area contributed by atoms with Gasteiger partial charge in [0.1, 0.15) is 24.0 Å². The lowest BCUT2D eigenvalue weighted by molar-refractivity contribution is -0.121. The van der Waals surface area contributed by atoms with E-state index >= 15 is 0 Å². The van der Waals surface area contributed by atoms with Crippen molar-refractivity contribution >= 4 is 23.2 Å². The molecule has 22 heavy (non-hydrogen) atoms. The Morgan fingerprint density at radius 2 is 2.05 bits per heavy atom. The van der Waals surface area contributed by atoms with Gasteiger partial charge in [-0.15, -0.1) is 0 Å². The van der Waals surface area contributed by atoms with Crippen LogP contribution >= 0.6 is 11.6 Å². The van der Waals surface area contributed by atoms with Crippen LogP contribution in [-0.2, 0) is 11.2 Å². The molecule has 0 saturated heterocycles. The minimum atomic E-state index is -0.812. The minimum absolute atomic E-state index is 0.0525. The molecule has 0 saturated carbocycles. The molecule has 0 fully saturated rings. The largest absolute Gasteiger partial charge is 0.492 e. The molecule has 1 heterocycles. The Morgan fingerprint density at radius 3 is 2.82 bits per heavy atom. The van der Waals surface area contributed by atoms with E-state index in [0.717, 1.165) is 17.7 Å². The number of ether oxygens (including phenoxy) is 1. The number of anilines is 1. The van der Waals surface area contributed by atoms with E-state index in [4.69, 9.17) is 16.3 Å². The number of hydrogen-bond acceptors (Lipinski definition) is 2. The van der Waals surface area contributed by atoms with Crippen molar-refractivity contribution in [1.82, 2.24) is 0 Å². The molecule has 1 N–H and O–H groups in total. The number of halogens is 3. The first-order valence-electron chi connectivity index (χ1n) is 6.70. The average Bonchev–Trinajstić information content (AvgIpc) is 2.49. The maximum Gasteiger partial charge on any atom is 0.231 e. The van der Waals surface area contributed by atoms with Gasteiger partial charge in [0.15, 0.2) is 0 Å². The second-order valence-corrected chi connectivity index (χ2v) is 5.51. The molecule has 0 spiro atoms. The zero-order valence-electron chi connectivity index (χ0n) is 11.4. The Morgan fingerprint density at radius 1 is 1.23 bits per heavy atom. The summed E-state index contributed by atoms with van der Waals surface area (Å²) in [5.41, 5.74) is 0.779. The van der Waals surface area contributed by atoms with Crippen molar-refractivity contribution in [3.63, 3.8) is 0 Å². The number of rotatable bonds is 2. The third-order valence-electron chi connectivity index (χ3n) is 3.49. The molecule has 1 atom stereocenters. The number of hydrogen-bond donors (Lipinski definition) is 1. The molecular weight excluding hydrogens is 312 g/mol. The fourth-order valence-corrected chi connectivity index (χ4v) is 2.55. The lowest BCUT2D eigenvalue weighted by Crippen LogP contribution is -2.32. The van der Waals surface area contributed by atoms with Crippen LogP contribution in [0.25, 0.3) is 0 Å². The Labute approximate surface area is 130 Å². The van der Waals surface area contributed by atoms with Crippen molar-refractivity contribution in [2.45, 2.75) is 6.42 Å². The van der Waals surface area contributed by atoms with Crippen LogP contribution in [0.2, 0.25) is 5.02 Å². The summed E-state index contributed by atoms with van der Waals surface area (Å²) in [6, 6.07) is 8.22. The lowest BCUT2D eigenvalue weighted by atomic mass is 9.96. The summed E-state index contributed by atoms with van der Waals surface area (Å²) in [6.07, 6.45) is 0.449. The van der Waals surface area contributed by atoms with Crippen LogP contribution in [0.5, 0.6) is 5.75 Å². The predicted octanol–water partition coefficient (Wildman–Crippen LogP) is 3.81. The van der Waals surface area contributed by atoms with Crippen molar-refractivity contribution < 1.29 is 18.3 Å². The predicted molar refractivity (Wildman–Crippen MR) is 79.1 cm³/mol. The molecule has 0 radical (unpaired) electrons. The molecule has 1 aliphatic rings. The van der Waals surface area contributed by atoms with Crippen molar-refractivity contribution in [1.29, 1.82) is 0 Å². The number of fused-ring (bicyclic) bond motifs is 1. The molecule has 1 aliphatic heterocycles. The lowest BCUT2D eigenvalue weighted by Gasteiger charge is -2.24. The number of nitrogens with one attached hydrogen (secondary N) is 1. The standard InChI is InChI=1S/C16H12ClF2NO2/c17-11-1-4-15-9(6-11)5-10(8-22-15)16(21)20-14-3-2-12(18)7-13(14)19/h1-4,6-7,10H,5,8H2,(H,20,21)/t10-/m1/s1. The van der Waals surface area contributed by atoms with Crippen LogP contribution in [0.3, 0.4) is 0 Å². The summed E-state index contributed by atoms with van der Waals surface area (Å²) >= 11 is 5.93. The first-order valence-corrected chi connectivity index (χ1v) is 7.08. The molecule has 114 valence electrons. The van der Waals surface area contributed by atoms with Crippen molar-refractivity contribution in [2.75, 3.05) is 11.9 Å². The van der Waals surface area contributed by atoms with E-state index in [0.29, 0.717) is 17.2 Å². The Bertz CT molecular complexity index is 736. The van der Waals surface area contributed by atoms with E-state index in [1.165, 1.54) is 6.07 Å². The van der Waals surface area contributed by atoms with E-state index in [2.05, 4.69) is 5.32 Å². The first-order chi connectivity index (χ1) is 10.5. The van der Waals surface area contributed by atoms with E-state index in [-0.39, 0.29) is 18.2 Å². The van der Waals surface area contributed by atoms with E-state index in [9.17, 15) is 13.6 Å². The smallest absolute Gasteiger partial charge is 0.231 e. The molecule has 0 aromatic heterocycles. The van der Waals surface area contributed by atoms with Crippen LogP contribution in [0.1, 0.15) is 5.56 Å². The maximum absolute atomic E-state index is 13.6. The molecule has 6 heteroatoms. The summed E-state index contributed by atoms with van der Waals surface area (Å²) in [6.45, 7) is 0.198. The van der Waals surface area contributed by atoms with Gasteiger partial charge in [-0.2, -0.15) is 0 Å². The number of amides is 1. The summed E-state index contributed by atoms with van der Waals surface area (Å²) in [5, 5.41) is 3.02. The van der Waals surface area contributed by atoms with Gasteiger partial charge in [0.25, 0.3) is 0 Å². The van der Waals surface area contributed by atoms with Crippen LogP contribution in [-0.4, -0.2) is 12.5 Å². The second kappa shape index (κ2) is 5.93. The van der Waals surface area contributed by atoms with Crippen LogP contribution < -0.4 is 10.1 Å². The minimum Gasteiger partial charge on any atom is -0.492 e. The Hall–Kier alpha value is -2.14. The molecular formula is C16H12ClF2NO2. The fraction of sp³-hybridized carbons (Fsp3) is 0.188. The summed E-state index contributed by atoms with van der Waals surface area (Å²) in [7, 11) is 0. The van der Waals surface area contributed by atoms with Gasteiger partial charge in [-0.3, -0.25) is 4.79 Å². The van der Waals surface area contributed by atoms with Gasteiger partial charge in [0.05, 0.1) is 11.6 Å². The van der Waals surface area contributed by atoms with Gasteiger partial charge in [0, 0.05) is 11.1 Å². The Kier molecular flexibility index (Phi) is 3.98. The number of benzene rings is 2. The normalized spacial score (nSPS) is 16.6. The van der Waals surface area contributed by atoms with Gasteiger partial charge >= 0.3 is 0 Å². The summed E-state index contributed by atoms with van der Waals surface area (Å²) < 4.78 is 32.0. The monoisotopic (exact) mass is 323 g/mol. The van der Waals surface area contributed by atoms with Crippen LogP contribution in [0.15, 0.2) is 36.4 Å². The van der Waals surface area contributed by atoms with Gasteiger partial charge in [-0.25, -0.2) is 8.78 Å². The SMILES string of the molecule is O=C(Nc1ccc(F)cc1F)[C@H]1COc2ccc(Cl)cc2C1. The highest BCUT2D eigenvalue weighted by molar-refractivity contribution is 6.30. The quantitative estimate of drug-likeness (QED) is 0.912. The average molecular weight is 324 g/mol. The molecule has 1 amide bonds. The molecule has 0 aliphatic carbocycles. The zero-order valence-corrected chi connectivity index (χ0v) is 12.2. The van der Waals surface area contributed by atoms with Crippen molar-refractivity contribution in [2.24, 2.45) is 5.92 Å². The van der Waals surface area contributed by atoms with Gasteiger partial charge < -0.3 is 10.1 Å². The Balaban J connectivity index is 1.74. The van der Waals surface area contributed by atoms with Crippen LogP contribution in [0, 0.1) is 17.6 Å². The van der Waals surface area contributed by atoms with Gasteiger partial charge in [0.2, 0.25) is 5.91 Å². The summed E-state index contributed by atoms with van der Waals surface area (Å²) in [4.78, 5) is 12.2. The van der Waals surface area contributed by atoms with E-state index in [1.807, 2.05) is 0 Å².